The third-order valence-corrected chi connectivity index (χ3v) is 2.73. The van der Waals surface area contributed by atoms with Gasteiger partial charge in [0.25, 0.3) is 0 Å². The molecule has 0 aliphatic carbocycles. The minimum atomic E-state index is 0.370. The fraction of sp³-hybridized carbons (Fsp3) is 0.538. The largest absolute Gasteiger partial charge is 0.261 e. The van der Waals surface area contributed by atoms with Crippen LogP contribution in [0.3, 0.4) is 0 Å². The van der Waals surface area contributed by atoms with Crippen LogP contribution in [-0.4, -0.2) is 4.98 Å². The average molecular weight is 190 g/mol. The molecule has 1 aromatic rings. The summed E-state index contributed by atoms with van der Waals surface area (Å²) in [6.07, 6.45) is 7.65. The number of pyridine rings is 1. The van der Waals surface area contributed by atoms with Crippen molar-refractivity contribution in [2.24, 2.45) is 5.41 Å². The van der Waals surface area contributed by atoms with Gasteiger partial charge in [-0.25, -0.2) is 0 Å². The van der Waals surface area contributed by atoms with Gasteiger partial charge in [0.1, 0.15) is 0 Å². The molecular formula is C13H20N. The van der Waals surface area contributed by atoms with E-state index in [0.29, 0.717) is 5.41 Å². The molecule has 0 N–H and O–H groups in total. The van der Waals surface area contributed by atoms with Crippen LogP contribution in [0.15, 0.2) is 24.4 Å². The van der Waals surface area contributed by atoms with Gasteiger partial charge in [-0.05, 0) is 36.8 Å². The van der Waals surface area contributed by atoms with Crippen molar-refractivity contribution in [1.29, 1.82) is 0 Å². The number of hydrogen-bond acceptors (Lipinski definition) is 1. The van der Waals surface area contributed by atoms with Gasteiger partial charge in [-0.1, -0.05) is 33.3 Å². The Labute approximate surface area is 87.6 Å². The molecule has 0 saturated heterocycles. The molecule has 0 saturated carbocycles. The van der Waals surface area contributed by atoms with Gasteiger partial charge in [-0.15, -0.1) is 0 Å². The first-order valence-electron chi connectivity index (χ1n) is 5.38. The molecule has 0 aromatic carbocycles. The normalized spacial score (nSPS) is 11.6. The lowest BCUT2D eigenvalue weighted by molar-refractivity contribution is 0.405. The molecule has 0 amide bonds. The third kappa shape index (κ3) is 3.91. The van der Waals surface area contributed by atoms with Gasteiger partial charge < -0.3 is 0 Å². The molecule has 1 heteroatoms. The lowest BCUT2D eigenvalue weighted by Gasteiger charge is -2.21. The summed E-state index contributed by atoms with van der Waals surface area (Å²) in [7, 11) is 0. The van der Waals surface area contributed by atoms with Crippen molar-refractivity contribution >= 4 is 0 Å². The van der Waals surface area contributed by atoms with Crippen molar-refractivity contribution in [2.45, 2.75) is 40.0 Å². The third-order valence-electron chi connectivity index (χ3n) is 2.73. The number of hydrogen-bond donors (Lipinski definition) is 0. The van der Waals surface area contributed by atoms with E-state index in [-0.39, 0.29) is 0 Å². The molecule has 1 radical (unpaired) electrons. The van der Waals surface area contributed by atoms with Crippen LogP contribution in [0.4, 0.5) is 0 Å². The van der Waals surface area contributed by atoms with Gasteiger partial charge >= 0.3 is 0 Å². The highest BCUT2D eigenvalue weighted by molar-refractivity contribution is 5.04. The maximum absolute atomic E-state index is 4.30. The molecular weight excluding hydrogens is 170 g/mol. The first-order valence-corrected chi connectivity index (χ1v) is 5.38. The molecule has 1 heterocycles. The fourth-order valence-electron chi connectivity index (χ4n) is 1.30. The molecule has 0 aliphatic heterocycles. The summed E-state index contributed by atoms with van der Waals surface area (Å²) in [4.78, 5) is 4.30. The summed E-state index contributed by atoms with van der Waals surface area (Å²) in [5.74, 6) is 0. The van der Waals surface area contributed by atoms with Gasteiger partial charge in [0.2, 0.25) is 0 Å². The number of aromatic nitrogens is 1. The van der Waals surface area contributed by atoms with E-state index in [9.17, 15) is 0 Å². The SMILES string of the molecule is CCC(C)(C)[CH]CCc1ccccn1. The van der Waals surface area contributed by atoms with Crippen molar-refractivity contribution < 1.29 is 0 Å². The second kappa shape index (κ2) is 5.14. The zero-order valence-corrected chi connectivity index (χ0v) is 9.46. The van der Waals surface area contributed by atoms with Crippen LogP contribution in [0, 0.1) is 11.8 Å². The molecule has 0 spiro atoms. The minimum absolute atomic E-state index is 0.370. The quantitative estimate of drug-likeness (QED) is 0.690. The van der Waals surface area contributed by atoms with Crippen LogP contribution in [0.25, 0.3) is 0 Å². The number of rotatable bonds is 5. The molecule has 0 aliphatic rings. The van der Waals surface area contributed by atoms with Crippen LogP contribution >= 0.6 is 0 Å². The van der Waals surface area contributed by atoms with Gasteiger partial charge in [-0.3, -0.25) is 4.98 Å². The molecule has 0 atom stereocenters. The Kier molecular flexibility index (Phi) is 4.12. The van der Waals surface area contributed by atoms with E-state index in [1.807, 2.05) is 18.3 Å². The van der Waals surface area contributed by atoms with E-state index in [1.54, 1.807) is 0 Å². The average Bonchev–Trinajstić information content (AvgIpc) is 2.19. The Morgan fingerprint density at radius 2 is 2.14 bits per heavy atom. The van der Waals surface area contributed by atoms with E-state index in [0.717, 1.165) is 12.8 Å². The summed E-state index contributed by atoms with van der Waals surface area (Å²) in [5.41, 5.74) is 1.56. The van der Waals surface area contributed by atoms with Gasteiger partial charge in [-0.2, -0.15) is 0 Å². The van der Waals surface area contributed by atoms with Crippen LogP contribution in [0.2, 0.25) is 0 Å². The minimum Gasteiger partial charge on any atom is -0.261 e. The van der Waals surface area contributed by atoms with Crippen molar-refractivity contribution in [2.75, 3.05) is 0 Å². The molecule has 77 valence electrons. The molecule has 1 nitrogen and oxygen atoms in total. The van der Waals surface area contributed by atoms with Gasteiger partial charge in [0.15, 0.2) is 0 Å². The molecule has 1 aromatic heterocycles. The van der Waals surface area contributed by atoms with Gasteiger partial charge in [0, 0.05) is 11.9 Å². The second-order valence-electron chi connectivity index (χ2n) is 4.41. The Morgan fingerprint density at radius 1 is 1.36 bits per heavy atom. The highest BCUT2D eigenvalue weighted by atomic mass is 14.7. The maximum Gasteiger partial charge on any atom is 0.0403 e. The highest BCUT2D eigenvalue weighted by Crippen LogP contribution is 2.25. The summed E-state index contributed by atoms with van der Waals surface area (Å²) in [6.45, 7) is 6.80. The number of aryl methyl sites for hydroxylation is 1. The van der Waals surface area contributed by atoms with Crippen molar-refractivity contribution in [3.8, 4) is 0 Å². The monoisotopic (exact) mass is 190 g/mol. The lowest BCUT2D eigenvalue weighted by atomic mass is 9.84. The zero-order valence-electron chi connectivity index (χ0n) is 9.46. The Morgan fingerprint density at radius 3 is 2.71 bits per heavy atom. The fourth-order valence-corrected chi connectivity index (χ4v) is 1.30. The summed E-state index contributed by atoms with van der Waals surface area (Å²) in [6, 6.07) is 6.10. The second-order valence-corrected chi connectivity index (χ2v) is 4.41. The predicted octanol–water partition coefficient (Wildman–Crippen LogP) is 3.65. The van der Waals surface area contributed by atoms with E-state index >= 15 is 0 Å². The predicted molar refractivity (Wildman–Crippen MR) is 60.9 cm³/mol. The van der Waals surface area contributed by atoms with E-state index < -0.39 is 0 Å². The first-order chi connectivity index (χ1) is 6.64. The van der Waals surface area contributed by atoms with E-state index in [2.05, 4.69) is 38.2 Å². The lowest BCUT2D eigenvalue weighted by Crippen LogP contribution is -2.10. The zero-order chi connectivity index (χ0) is 10.4. The molecule has 14 heavy (non-hydrogen) atoms. The van der Waals surface area contributed by atoms with Crippen LogP contribution in [-0.2, 0) is 6.42 Å². The van der Waals surface area contributed by atoms with Crippen molar-refractivity contribution in [3.05, 3.63) is 36.5 Å². The van der Waals surface area contributed by atoms with Crippen LogP contribution in [0.1, 0.15) is 39.3 Å². The van der Waals surface area contributed by atoms with Crippen LogP contribution < -0.4 is 0 Å². The summed E-state index contributed by atoms with van der Waals surface area (Å²) >= 11 is 0. The smallest absolute Gasteiger partial charge is 0.0403 e. The molecule has 0 unspecified atom stereocenters. The standard InChI is InChI=1S/C13H20N/c1-4-13(2,3)10-7-9-12-8-5-6-11-14-12/h5-6,8,10-11H,4,7,9H2,1-3H3. The molecule has 1 rings (SSSR count). The molecule has 0 fully saturated rings. The Bertz CT molecular complexity index is 251. The van der Waals surface area contributed by atoms with Crippen molar-refractivity contribution in [3.63, 3.8) is 0 Å². The number of nitrogens with zero attached hydrogens (tertiary/aromatic N) is 1. The van der Waals surface area contributed by atoms with E-state index in [4.69, 9.17) is 0 Å². The Balaban J connectivity index is 2.29. The topological polar surface area (TPSA) is 12.9 Å². The van der Waals surface area contributed by atoms with Crippen LogP contribution in [0.5, 0.6) is 0 Å². The highest BCUT2D eigenvalue weighted by Gasteiger charge is 2.14. The van der Waals surface area contributed by atoms with Gasteiger partial charge in [0.05, 0.1) is 0 Å². The van der Waals surface area contributed by atoms with E-state index in [1.165, 1.54) is 12.1 Å². The first kappa shape index (κ1) is 11.2. The maximum atomic E-state index is 4.30. The molecule has 0 bridgehead atoms. The summed E-state index contributed by atoms with van der Waals surface area (Å²) in [5, 5.41) is 0. The van der Waals surface area contributed by atoms with Crippen molar-refractivity contribution in [1.82, 2.24) is 4.98 Å². The summed E-state index contributed by atoms with van der Waals surface area (Å²) < 4.78 is 0. The Hall–Kier alpha value is -0.850.